The third kappa shape index (κ3) is 1.07. The molecular weight excluding hydrogens is 252 g/mol. The van der Waals surface area contributed by atoms with Gasteiger partial charge in [-0.25, -0.2) is 0 Å². The monoisotopic (exact) mass is 254 g/mol. The zero-order valence-electron chi connectivity index (χ0n) is 4.32. The van der Waals surface area contributed by atoms with Crippen LogP contribution in [-0.4, -0.2) is 0 Å². The smallest absolute Gasteiger partial charge is 0.208 e. The summed E-state index contributed by atoms with van der Waals surface area (Å²) in [6, 6.07) is 0. The Hall–Kier alpha value is -0.160. The molecule has 0 aromatic carbocycles. The molecular formula is C4H4Br2N2O. The first-order valence-corrected chi connectivity index (χ1v) is 3.70. The van der Waals surface area contributed by atoms with Crippen LogP contribution in [0, 0.1) is 0 Å². The van der Waals surface area contributed by atoms with E-state index in [9.17, 15) is 0 Å². The van der Waals surface area contributed by atoms with Crippen LogP contribution in [-0.2, 0) is 0 Å². The van der Waals surface area contributed by atoms with E-state index in [4.69, 9.17) is 15.9 Å². The first-order chi connectivity index (χ1) is 4.13. The number of hydrogen-bond donors (Lipinski definition) is 2. The molecule has 0 aliphatic carbocycles. The summed E-state index contributed by atoms with van der Waals surface area (Å²) < 4.78 is 6.14. The first kappa shape index (κ1) is 6.95. The SMILES string of the molecule is Nc1oc(N)c(Br)c1Br. The Kier molecular flexibility index (Phi) is 1.72. The Labute approximate surface area is 68.6 Å². The molecule has 0 unspecified atom stereocenters. The average Bonchev–Trinajstić information content (AvgIpc) is 1.98. The fourth-order valence-electron chi connectivity index (χ4n) is 0.424. The molecule has 0 radical (unpaired) electrons. The van der Waals surface area contributed by atoms with Crippen LogP contribution in [0.2, 0.25) is 0 Å². The fraction of sp³-hybridized carbons (Fsp3) is 0. The van der Waals surface area contributed by atoms with Crippen molar-refractivity contribution in [2.45, 2.75) is 0 Å². The van der Waals surface area contributed by atoms with Gasteiger partial charge in [-0.05, 0) is 31.9 Å². The van der Waals surface area contributed by atoms with E-state index in [1.807, 2.05) is 0 Å². The number of anilines is 2. The Bertz CT molecular complexity index is 210. The molecule has 0 saturated heterocycles. The minimum absolute atomic E-state index is 0.291. The van der Waals surface area contributed by atoms with Crippen molar-refractivity contribution >= 4 is 43.6 Å². The summed E-state index contributed by atoms with van der Waals surface area (Å²) in [5.41, 5.74) is 10.6. The minimum Gasteiger partial charge on any atom is -0.423 e. The molecule has 9 heavy (non-hydrogen) atoms. The van der Waals surface area contributed by atoms with Crippen molar-refractivity contribution in [3.8, 4) is 0 Å². The van der Waals surface area contributed by atoms with Gasteiger partial charge in [-0.1, -0.05) is 0 Å². The lowest BCUT2D eigenvalue weighted by Gasteiger charge is -1.80. The Morgan fingerprint density at radius 3 is 1.44 bits per heavy atom. The molecule has 0 aliphatic heterocycles. The number of nitrogens with two attached hydrogens (primary N) is 2. The molecule has 0 fully saturated rings. The molecule has 0 bridgehead atoms. The van der Waals surface area contributed by atoms with Gasteiger partial charge in [0.1, 0.15) is 0 Å². The second-order valence-electron chi connectivity index (χ2n) is 1.46. The standard InChI is InChI=1S/C4H4Br2N2O/c5-1-2(6)4(8)9-3(1)7/h7-8H2. The fourth-order valence-corrected chi connectivity index (χ4v) is 0.977. The predicted molar refractivity (Wildman–Crippen MR) is 42.9 cm³/mol. The maximum atomic E-state index is 5.32. The molecule has 1 aromatic heterocycles. The minimum atomic E-state index is 0.291. The largest absolute Gasteiger partial charge is 0.423 e. The Morgan fingerprint density at radius 1 is 1.00 bits per heavy atom. The predicted octanol–water partition coefficient (Wildman–Crippen LogP) is 1.97. The lowest BCUT2D eigenvalue weighted by Crippen LogP contribution is -1.79. The van der Waals surface area contributed by atoms with E-state index in [-0.39, 0.29) is 0 Å². The topological polar surface area (TPSA) is 65.2 Å². The van der Waals surface area contributed by atoms with Crippen LogP contribution in [0.25, 0.3) is 0 Å². The second kappa shape index (κ2) is 2.22. The summed E-state index contributed by atoms with van der Waals surface area (Å²) in [6.07, 6.45) is 0. The molecule has 0 amide bonds. The Morgan fingerprint density at radius 2 is 1.33 bits per heavy atom. The third-order valence-corrected chi connectivity index (χ3v) is 2.95. The average molecular weight is 256 g/mol. The summed E-state index contributed by atoms with van der Waals surface area (Å²) in [5.74, 6) is 0.582. The highest BCUT2D eigenvalue weighted by molar-refractivity contribution is 9.13. The molecule has 3 nitrogen and oxygen atoms in total. The van der Waals surface area contributed by atoms with Crippen LogP contribution in [0.4, 0.5) is 11.8 Å². The molecule has 0 aliphatic rings. The molecule has 0 spiro atoms. The van der Waals surface area contributed by atoms with Crippen molar-refractivity contribution in [1.29, 1.82) is 0 Å². The zero-order chi connectivity index (χ0) is 7.02. The van der Waals surface area contributed by atoms with Gasteiger partial charge in [0.05, 0.1) is 8.95 Å². The van der Waals surface area contributed by atoms with Gasteiger partial charge in [-0.3, -0.25) is 0 Å². The highest BCUT2D eigenvalue weighted by Crippen LogP contribution is 2.36. The van der Waals surface area contributed by atoms with Crippen molar-refractivity contribution in [2.24, 2.45) is 0 Å². The van der Waals surface area contributed by atoms with Gasteiger partial charge >= 0.3 is 0 Å². The van der Waals surface area contributed by atoms with Gasteiger partial charge in [0.15, 0.2) is 0 Å². The molecule has 1 heterocycles. The third-order valence-electron chi connectivity index (χ3n) is 0.845. The van der Waals surface area contributed by atoms with E-state index in [1.54, 1.807) is 0 Å². The van der Waals surface area contributed by atoms with Crippen molar-refractivity contribution in [3.05, 3.63) is 8.95 Å². The number of hydrogen-bond acceptors (Lipinski definition) is 3. The van der Waals surface area contributed by atoms with E-state index in [2.05, 4.69) is 31.9 Å². The summed E-state index contributed by atoms with van der Waals surface area (Å²) >= 11 is 6.31. The second-order valence-corrected chi connectivity index (χ2v) is 3.04. The zero-order valence-corrected chi connectivity index (χ0v) is 7.49. The first-order valence-electron chi connectivity index (χ1n) is 2.11. The van der Waals surface area contributed by atoms with Crippen LogP contribution in [0.1, 0.15) is 0 Å². The van der Waals surface area contributed by atoms with Crippen LogP contribution in [0.15, 0.2) is 13.4 Å². The normalized spacial score (nSPS) is 10.0. The highest BCUT2D eigenvalue weighted by atomic mass is 79.9. The molecule has 0 saturated carbocycles. The van der Waals surface area contributed by atoms with E-state index < -0.39 is 0 Å². The van der Waals surface area contributed by atoms with Crippen LogP contribution < -0.4 is 11.5 Å². The van der Waals surface area contributed by atoms with Gasteiger partial charge in [0.2, 0.25) is 11.8 Å². The van der Waals surface area contributed by atoms with Crippen LogP contribution in [0.3, 0.4) is 0 Å². The number of halogens is 2. The van der Waals surface area contributed by atoms with Crippen molar-refractivity contribution in [1.82, 2.24) is 0 Å². The quantitative estimate of drug-likeness (QED) is 0.745. The highest BCUT2D eigenvalue weighted by Gasteiger charge is 2.09. The summed E-state index contributed by atoms with van der Waals surface area (Å²) in [6.45, 7) is 0. The van der Waals surface area contributed by atoms with Crippen LogP contribution in [0.5, 0.6) is 0 Å². The van der Waals surface area contributed by atoms with E-state index in [1.165, 1.54) is 0 Å². The van der Waals surface area contributed by atoms with Gasteiger partial charge in [0.25, 0.3) is 0 Å². The maximum absolute atomic E-state index is 5.32. The number of furan rings is 1. The van der Waals surface area contributed by atoms with Gasteiger partial charge in [-0.15, -0.1) is 0 Å². The molecule has 4 N–H and O–H groups in total. The maximum Gasteiger partial charge on any atom is 0.208 e. The number of rotatable bonds is 0. The molecule has 50 valence electrons. The lowest BCUT2D eigenvalue weighted by atomic mass is 10.6. The molecule has 1 aromatic rings. The van der Waals surface area contributed by atoms with Gasteiger partial charge in [0, 0.05) is 0 Å². The van der Waals surface area contributed by atoms with E-state index in [0.29, 0.717) is 20.7 Å². The Balaban J connectivity index is 3.29. The van der Waals surface area contributed by atoms with Gasteiger partial charge < -0.3 is 15.9 Å². The molecule has 1 rings (SSSR count). The summed E-state index contributed by atoms with van der Waals surface area (Å²) in [4.78, 5) is 0. The van der Waals surface area contributed by atoms with Crippen molar-refractivity contribution in [2.75, 3.05) is 11.5 Å². The lowest BCUT2D eigenvalue weighted by molar-refractivity contribution is 0.606. The van der Waals surface area contributed by atoms with Gasteiger partial charge in [-0.2, -0.15) is 0 Å². The van der Waals surface area contributed by atoms with Crippen molar-refractivity contribution < 1.29 is 4.42 Å². The summed E-state index contributed by atoms with van der Waals surface area (Å²) in [7, 11) is 0. The van der Waals surface area contributed by atoms with Crippen molar-refractivity contribution in [3.63, 3.8) is 0 Å². The summed E-state index contributed by atoms with van der Waals surface area (Å²) in [5, 5.41) is 0. The van der Waals surface area contributed by atoms with E-state index in [0.717, 1.165) is 0 Å². The van der Waals surface area contributed by atoms with E-state index >= 15 is 0 Å². The van der Waals surface area contributed by atoms with Crippen LogP contribution >= 0.6 is 31.9 Å². The number of nitrogen functional groups attached to an aromatic ring is 2. The molecule has 0 atom stereocenters. The molecule has 5 heteroatoms.